The van der Waals surface area contributed by atoms with E-state index in [0.29, 0.717) is 29.2 Å². The molecular weight excluding hydrogens is 367 g/mol. The van der Waals surface area contributed by atoms with Gasteiger partial charge < -0.3 is 21.2 Å². The molecule has 0 bridgehead atoms. The quantitative estimate of drug-likeness (QED) is 0.517. The van der Waals surface area contributed by atoms with Crippen LogP contribution in [-0.2, 0) is 6.61 Å². The summed E-state index contributed by atoms with van der Waals surface area (Å²) in [5, 5.41) is 9.05. The molecule has 7 heteroatoms. The summed E-state index contributed by atoms with van der Waals surface area (Å²) in [5.74, 6) is 0.610. The summed E-state index contributed by atoms with van der Waals surface area (Å²) in [5.41, 5.74) is 9.36. The monoisotopic (exact) mass is 392 g/mol. The number of anilines is 1. The summed E-state index contributed by atoms with van der Waals surface area (Å²) >= 11 is 0. The van der Waals surface area contributed by atoms with Crippen LogP contribution in [0.15, 0.2) is 42.1 Å². The number of quaternary nitrogens is 1. The molecule has 2 rings (SSSR count). The molecule has 28 heavy (non-hydrogen) atoms. The van der Waals surface area contributed by atoms with E-state index >= 15 is 0 Å². The Morgan fingerprint density at radius 3 is 2.39 bits per heavy atom. The van der Waals surface area contributed by atoms with Crippen molar-refractivity contribution in [1.29, 1.82) is 5.41 Å². The van der Waals surface area contributed by atoms with Gasteiger partial charge in [0, 0.05) is 22.9 Å². The third kappa shape index (κ3) is 4.92. The lowest BCUT2D eigenvalue weighted by molar-refractivity contribution is -0.597. The van der Waals surface area contributed by atoms with Crippen LogP contribution in [0.1, 0.15) is 27.8 Å². The van der Waals surface area contributed by atoms with Gasteiger partial charge in [0.1, 0.15) is 12.4 Å². The largest absolute Gasteiger partial charge is 0.489 e. The number of ether oxygens (including phenoxy) is 1. The molecule has 2 aromatic rings. The first-order valence-electron chi connectivity index (χ1n) is 8.79. The van der Waals surface area contributed by atoms with Crippen molar-refractivity contribution in [1.82, 2.24) is 0 Å². The van der Waals surface area contributed by atoms with Crippen molar-refractivity contribution in [3.63, 3.8) is 0 Å². The molecule has 0 spiro atoms. The molecule has 0 aromatic heterocycles. The predicted octanol–water partition coefficient (Wildman–Crippen LogP) is 3.78. The number of halogens is 3. The summed E-state index contributed by atoms with van der Waals surface area (Å²) in [6.07, 6.45) is -3.64. The molecule has 2 aromatic carbocycles. The Morgan fingerprint density at radius 1 is 1.14 bits per heavy atom. The van der Waals surface area contributed by atoms with Gasteiger partial charge in [-0.3, -0.25) is 0 Å². The molecule has 0 atom stereocenters. The van der Waals surface area contributed by atoms with E-state index in [1.807, 2.05) is 25.1 Å². The normalized spacial score (nSPS) is 12.2. The van der Waals surface area contributed by atoms with Crippen LogP contribution in [0.2, 0.25) is 0 Å². The van der Waals surface area contributed by atoms with Gasteiger partial charge in [0.15, 0.2) is 0 Å². The van der Waals surface area contributed by atoms with Crippen LogP contribution >= 0.6 is 0 Å². The molecule has 0 heterocycles. The van der Waals surface area contributed by atoms with E-state index in [9.17, 15) is 13.2 Å². The van der Waals surface area contributed by atoms with Crippen LogP contribution in [-0.4, -0.2) is 18.9 Å². The Hall–Kier alpha value is -2.80. The fourth-order valence-electron chi connectivity index (χ4n) is 2.87. The fourth-order valence-corrected chi connectivity index (χ4v) is 2.87. The highest BCUT2D eigenvalue weighted by Crippen LogP contribution is 2.27. The van der Waals surface area contributed by atoms with Crippen LogP contribution in [0.25, 0.3) is 0 Å². The zero-order valence-electron chi connectivity index (χ0n) is 16.4. The average Bonchev–Trinajstić information content (AvgIpc) is 2.60. The van der Waals surface area contributed by atoms with E-state index in [1.165, 1.54) is 7.05 Å². The first kappa shape index (κ1) is 21.5. The van der Waals surface area contributed by atoms with Crippen LogP contribution < -0.4 is 15.8 Å². The molecule has 4 nitrogen and oxygen atoms in total. The minimum absolute atomic E-state index is 0.194. The minimum atomic E-state index is -4.49. The predicted molar refractivity (Wildman–Crippen MR) is 105 cm³/mol. The second kappa shape index (κ2) is 8.48. The first-order valence-corrected chi connectivity index (χ1v) is 8.79. The Morgan fingerprint density at radius 2 is 1.82 bits per heavy atom. The number of benzene rings is 2. The van der Waals surface area contributed by atoms with Crippen LogP contribution in [0.4, 0.5) is 18.9 Å². The van der Waals surface area contributed by atoms with Gasteiger partial charge in [-0.15, -0.1) is 0 Å². The second-order valence-electron chi connectivity index (χ2n) is 6.66. The number of aryl methyl sites for hydroxylation is 3. The van der Waals surface area contributed by atoms with Gasteiger partial charge in [0.25, 0.3) is 0 Å². The summed E-state index contributed by atoms with van der Waals surface area (Å²) in [6, 6.07) is 9.05. The lowest BCUT2D eigenvalue weighted by Crippen LogP contribution is -2.80. The van der Waals surface area contributed by atoms with Gasteiger partial charge in [0.2, 0.25) is 5.70 Å². The Labute approximate surface area is 162 Å². The van der Waals surface area contributed by atoms with Crippen LogP contribution in [0, 0.1) is 26.2 Å². The van der Waals surface area contributed by atoms with Crippen molar-refractivity contribution in [2.24, 2.45) is 0 Å². The zero-order chi connectivity index (χ0) is 21.1. The number of hydrogen-bond acceptors (Lipinski definition) is 3. The summed E-state index contributed by atoms with van der Waals surface area (Å²) in [7, 11) is 1.30. The standard InChI is InChI=1S/C21H24F3N3O/c1-12-6-5-7-17(25)16(12)11-28-19-9-13(2)15(8-14(19)3)18(26)10-20(27-4)21(22,23)24/h5-10,26-27H,11,25H2,1-4H3/p+1/b20-10-,26-18?. The third-order valence-electron chi connectivity index (χ3n) is 4.57. The van der Waals surface area contributed by atoms with Gasteiger partial charge >= 0.3 is 6.18 Å². The van der Waals surface area contributed by atoms with Gasteiger partial charge in [0.05, 0.1) is 12.8 Å². The number of nitrogen functional groups attached to an aromatic ring is 1. The van der Waals surface area contributed by atoms with Gasteiger partial charge in [-0.2, -0.15) is 13.2 Å². The number of rotatable bonds is 6. The maximum Gasteiger partial charge on any atom is 0.466 e. The molecule has 5 N–H and O–H groups in total. The zero-order valence-corrected chi connectivity index (χ0v) is 16.4. The molecule has 0 unspecified atom stereocenters. The Kier molecular flexibility index (Phi) is 6.51. The van der Waals surface area contributed by atoms with E-state index in [0.717, 1.165) is 28.1 Å². The SMILES string of the molecule is C[NH2+]/C(=C\C(=N)c1cc(C)c(OCc2c(C)cccc2N)cc1C)C(F)(F)F. The van der Waals surface area contributed by atoms with Crippen molar-refractivity contribution >= 4 is 11.4 Å². The highest BCUT2D eigenvalue weighted by atomic mass is 19.4. The molecule has 0 fully saturated rings. The van der Waals surface area contributed by atoms with Crippen LogP contribution in [0.5, 0.6) is 5.75 Å². The molecule has 0 aliphatic rings. The second-order valence-corrected chi connectivity index (χ2v) is 6.66. The first-order chi connectivity index (χ1) is 13.0. The van der Waals surface area contributed by atoms with Gasteiger partial charge in [-0.05, 0) is 55.7 Å². The van der Waals surface area contributed by atoms with Crippen molar-refractivity contribution in [2.75, 3.05) is 12.8 Å². The van der Waals surface area contributed by atoms with Crippen molar-refractivity contribution in [2.45, 2.75) is 33.6 Å². The maximum absolute atomic E-state index is 12.9. The number of nitrogens with one attached hydrogen (secondary N) is 1. The van der Waals surface area contributed by atoms with Gasteiger partial charge in [-0.1, -0.05) is 12.1 Å². The van der Waals surface area contributed by atoms with E-state index in [4.69, 9.17) is 15.9 Å². The maximum atomic E-state index is 12.9. The molecule has 0 aliphatic carbocycles. The fraction of sp³-hybridized carbons (Fsp3) is 0.286. The molecular formula is C21H25F3N3O+. The molecule has 0 radical (unpaired) electrons. The molecule has 150 valence electrons. The van der Waals surface area contributed by atoms with E-state index < -0.39 is 11.9 Å². The highest BCUT2D eigenvalue weighted by molar-refractivity contribution is 6.08. The number of hydrogen-bond donors (Lipinski definition) is 3. The average molecular weight is 392 g/mol. The van der Waals surface area contributed by atoms with Gasteiger partial charge in [-0.25, -0.2) is 0 Å². The molecule has 0 amide bonds. The minimum Gasteiger partial charge on any atom is -0.489 e. The van der Waals surface area contributed by atoms with E-state index in [2.05, 4.69) is 0 Å². The summed E-state index contributed by atoms with van der Waals surface area (Å²) < 4.78 is 44.7. The number of allylic oxidation sites excluding steroid dienone is 2. The molecule has 0 saturated carbocycles. The number of nitrogens with two attached hydrogens (primary N) is 2. The topological polar surface area (TPSA) is 75.7 Å². The smallest absolute Gasteiger partial charge is 0.466 e. The number of alkyl halides is 3. The van der Waals surface area contributed by atoms with Crippen LogP contribution in [0.3, 0.4) is 0 Å². The van der Waals surface area contributed by atoms with Crippen molar-refractivity contribution in [3.05, 3.63) is 69.9 Å². The van der Waals surface area contributed by atoms with E-state index in [1.54, 1.807) is 26.0 Å². The Bertz CT molecular complexity index is 898. The lowest BCUT2D eigenvalue weighted by atomic mass is 9.99. The molecule has 0 saturated heterocycles. The summed E-state index contributed by atoms with van der Waals surface area (Å²) in [6.45, 7) is 5.79. The van der Waals surface area contributed by atoms with Crippen molar-refractivity contribution in [3.8, 4) is 5.75 Å². The molecule has 0 aliphatic heterocycles. The highest BCUT2D eigenvalue weighted by Gasteiger charge is 2.37. The van der Waals surface area contributed by atoms with E-state index in [-0.39, 0.29) is 5.71 Å². The lowest BCUT2D eigenvalue weighted by Gasteiger charge is -2.15. The Balaban J connectivity index is 2.27. The van der Waals surface area contributed by atoms with Crippen molar-refractivity contribution < 1.29 is 23.2 Å². The summed E-state index contributed by atoms with van der Waals surface area (Å²) in [4.78, 5) is 0. The third-order valence-corrected chi connectivity index (χ3v) is 4.57.